The van der Waals surface area contributed by atoms with Crippen molar-refractivity contribution in [3.05, 3.63) is 41.0 Å². The van der Waals surface area contributed by atoms with Gasteiger partial charge in [-0.05, 0) is 55.4 Å². The first-order valence-corrected chi connectivity index (χ1v) is 9.85. The van der Waals surface area contributed by atoms with Gasteiger partial charge in [-0.15, -0.1) is 0 Å². The van der Waals surface area contributed by atoms with Crippen LogP contribution < -0.4 is 16.4 Å². The van der Waals surface area contributed by atoms with Gasteiger partial charge in [0.2, 0.25) is 5.91 Å². The number of benzene rings is 1. The van der Waals surface area contributed by atoms with Gasteiger partial charge in [0.1, 0.15) is 5.82 Å². The molecule has 0 radical (unpaired) electrons. The normalized spacial score (nSPS) is 17.4. The zero-order valence-corrected chi connectivity index (χ0v) is 15.6. The third-order valence-electron chi connectivity index (χ3n) is 6.23. The second kappa shape index (κ2) is 6.22. The smallest absolute Gasteiger partial charge is 0.252 e. The molecular weight excluding hydrogens is 354 g/mol. The molecule has 0 atom stereocenters. The second-order valence-corrected chi connectivity index (χ2v) is 7.80. The van der Waals surface area contributed by atoms with E-state index < -0.39 is 5.91 Å². The topological polar surface area (TPSA) is 107 Å². The highest BCUT2D eigenvalue weighted by atomic mass is 16.1. The van der Waals surface area contributed by atoms with Crippen LogP contribution >= 0.6 is 0 Å². The molecule has 5 rings (SSSR count). The van der Waals surface area contributed by atoms with Gasteiger partial charge >= 0.3 is 0 Å². The van der Waals surface area contributed by atoms with E-state index in [0.29, 0.717) is 11.2 Å². The van der Waals surface area contributed by atoms with Gasteiger partial charge in [0.25, 0.3) is 5.91 Å². The van der Waals surface area contributed by atoms with E-state index in [9.17, 15) is 9.59 Å². The van der Waals surface area contributed by atoms with Crippen molar-refractivity contribution < 1.29 is 9.59 Å². The van der Waals surface area contributed by atoms with Crippen molar-refractivity contribution in [2.75, 3.05) is 18.0 Å². The van der Waals surface area contributed by atoms with Crippen LogP contribution in [-0.2, 0) is 17.6 Å². The van der Waals surface area contributed by atoms with Crippen molar-refractivity contribution in [2.45, 2.75) is 32.1 Å². The summed E-state index contributed by atoms with van der Waals surface area (Å²) in [6, 6.07) is 7.92. The molecule has 0 spiro atoms. The minimum absolute atomic E-state index is 0.0655. The van der Waals surface area contributed by atoms with Crippen LogP contribution in [0, 0.1) is 5.92 Å². The molecule has 144 valence electrons. The Bertz CT molecular complexity index is 1120. The van der Waals surface area contributed by atoms with Gasteiger partial charge < -0.3 is 16.4 Å². The zero-order valence-electron chi connectivity index (χ0n) is 15.6. The molecule has 1 saturated heterocycles. The summed E-state index contributed by atoms with van der Waals surface area (Å²) in [7, 11) is 0. The van der Waals surface area contributed by atoms with E-state index in [4.69, 9.17) is 16.5 Å². The van der Waals surface area contributed by atoms with Crippen LogP contribution in [-0.4, -0.2) is 34.3 Å². The van der Waals surface area contributed by atoms with Gasteiger partial charge in [-0.3, -0.25) is 14.0 Å². The molecule has 1 aromatic carbocycles. The van der Waals surface area contributed by atoms with E-state index >= 15 is 0 Å². The molecular formula is C21H23N5O2. The Balaban J connectivity index is 1.78. The predicted molar refractivity (Wildman–Crippen MR) is 107 cm³/mol. The Morgan fingerprint density at radius 1 is 1.04 bits per heavy atom. The van der Waals surface area contributed by atoms with Crippen LogP contribution in [0.3, 0.4) is 0 Å². The van der Waals surface area contributed by atoms with Crippen molar-refractivity contribution >= 4 is 34.3 Å². The minimum atomic E-state index is -0.419. The molecule has 7 heteroatoms. The summed E-state index contributed by atoms with van der Waals surface area (Å²) in [4.78, 5) is 31.1. The number of amides is 2. The molecule has 0 unspecified atom stereocenters. The molecule has 3 heterocycles. The number of fused-ring (bicyclic) bond motifs is 4. The summed E-state index contributed by atoms with van der Waals surface area (Å²) in [5.41, 5.74) is 16.6. The first kappa shape index (κ1) is 17.0. The van der Waals surface area contributed by atoms with Crippen LogP contribution in [0.25, 0.3) is 16.7 Å². The third kappa shape index (κ3) is 2.38. The van der Waals surface area contributed by atoms with Crippen molar-refractivity contribution in [1.29, 1.82) is 0 Å². The Labute approximate surface area is 162 Å². The number of hydrogen-bond acceptors (Lipinski definition) is 4. The Kier molecular flexibility index (Phi) is 3.79. The fraction of sp³-hybridized carbons (Fsp3) is 0.381. The lowest BCUT2D eigenvalue weighted by Gasteiger charge is -2.34. The number of primary amides is 2. The number of para-hydroxylation sites is 2. The number of anilines is 1. The first-order valence-electron chi connectivity index (χ1n) is 9.85. The van der Waals surface area contributed by atoms with E-state index in [1.807, 2.05) is 24.3 Å². The van der Waals surface area contributed by atoms with Crippen LogP contribution in [0.4, 0.5) is 5.82 Å². The number of hydrogen-bond donors (Lipinski definition) is 2. The average Bonchev–Trinajstić information content (AvgIpc) is 3.30. The molecule has 3 aromatic rings. The molecule has 28 heavy (non-hydrogen) atoms. The lowest BCUT2D eigenvalue weighted by atomic mass is 9.95. The number of pyridine rings is 1. The lowest BCUT2D eigenvalue weighted by Crippen LogP contribution is -2.40. The number of piperidine rings is 1. The van der Waals surface area contributed by atoms with Crippen molar-refractivity contribution in [3.63, 3.8) is 0 Å². The number of nitrogens with two attached hydrogens (primary N) is 2. The maximum Gasteiger partial charge on any atom is 0.252 e. The Morgan fingerprint density at radius 3 is 2.46 bits per heavy atom. The Hall–Kier alpha value is -3.09. The van der Waals surface area contributed by atoms with Crippen molar-refractivity contribution in [2.24, 2.45) is 17.4 Å². The summed E-state index contributed by atoms with van der Waals surface area (Å²) >= 11 is 0. The highest BCUT2D eigenvalue weighted by Crippen LogP contribution is 2.39. The van der Waals surface area contributed by atoms with Crippen molar-refractivity contribution in [3.8, 4) is 0 Å². The standard InChI is InChI=1S/C21H23N5O2/c22-18(27)12-8-10-25(11-9-12)21-14-5-3-4-13(14)17(19(23)28)20-24-15-6-1-2-7-16(15)26(20)21/h1-2,6-7,12H,3-5,8-11H2,(H2,22,27)(H2,23,28). The van der Waals surface area contributed by atoms with Gasteiger partial charge in [-0.25, -0.2) is 4.98 Å². The SMILES string of the molecule is NC(=O)c1c2c(c(N3CCC(C(N)=O)CC3)n3c1nc1ccccc13)CCC2. The highest BCUT2D eigenvalue weighted by Gasteiger charge is 2.32. The molecule has 0 bridgehead atoms. The highest BCUT2D eigenvalue weighted by molar-refractivity contribution is 6.03. The van der Waals surface area contributed by atoms with E-state index in [-0.39, 0.29) is 11.8 Å². The summed E-state index contributed by atoms with van der Waals surface area (Å²) in [5.74, 6) is 0.401. The van der Waals surface area contributed by atoms with Gasteiger partial charge in [-0.1, -0.05) is 12.1 Å². The molecule has 1 aliphatic carbocycles. The molecule has 0 saturated carbocycles. The quantitative estimate of drug-likeness (QED) is 0.725. The largest absolute Gasteiger partial charge is 0.369 e. The lowest BCUT2D eigenvalue weighted by molar-refractivity contribution is -0.122. The number of rotatable bonds is 3. The van der Waals surface area contributed by atoms with Crippen LogP contribution in [0.1, 0.15) is 40.7 Å². The van der Waals surface area contributed by atoms with Crippen LogP contribution in [0.5, 0.6) is 0 Å². The maximum absolute atomic E-state index is 12.4. The van der Waals surface area contributed by atoms with E-state index in [1.165, 1.54) is 5.56 Å². The second-order valence-electron chi connectivity index (χ2n) is 7.80. The van der Waals surface area contributed by atoms with Gasteiger partial charge in [0, 0.05) is 19.0 Å². The Morgan fingerprint density at radius 2 is 1.75 bits per heavy atom. The van der Waals surface area contributed by atoms with Gasteiger partial charge in [-0.2, -0.15) is 0 Å². The summed E-state index contributed by atoms with van der Waals surface area (Å²) in [6.45, 7) is 1.52. The number of nitrogens with zero attached hydrogens (tertiary/aromatic N) is 3. The molecule has 2 amide bonds. The fourth-order valence-corrected chi connectivity index (χ4v) is 4.91. The minimum Gasteiger partial charge on any atom is -0.369 e. The van der Waals surface area contributed by atoms with E-state index in [1.54, 1.807) is 0 Å². The predicted octanol–water partition coefficient (Wildman–Crippen LogP) is 1.78. The number of aromatic nitrogens is 2. The maximum atomic E-state index is 12.4. The fourth-order valence-electron chi connectivity index (χ4n) is 4.91. The monoisotopic (exact) mass is 377 g/mol. The zero-order chi connectivity index (χ0) is 19.4. The first-order chi connectivity index (χ1) is 13.6. The number of imidazole rings is 1. The molecule has 1 aliphatic heterocycles. The van der Waals surface area contributed by atoms with Crippen LogP contribution in [0.2, 0.25) is 0 Å². The molecule has 2 aliphatic rings. The van der Waals surface area contributed by atoms with Crippen molar-refractivity contribution in [1.82, 2.24) is 9.38 Å². The summed E-state index contributed by atoms with van der Waals surface area (Å²) in [6.07, 6.45) is 4.26. The molecule has 7 nitrogen and oxygen atoms in total. The molecule has 1 fully saturated rings. The summed E-state index contributed by atoms with van der Waals surface area (Å²) < 4.78 is 2.10. The average molecular weight is 377 g/mol. The number of carbonyl (C=O) groups is 2. The summed E-state index contributed by atoms with van der Waals surface area (Å²) in [5, 5.41) is 0. The molecule has 2 aromatic heterocycles. The van der Waals surface area contributed by atoms with E-state index in [2.05, 4.69) is 9.30 Å². The number of carbonyl (C=O) groups excluding carboxylic acids is 2. The third-order valence-corrected chi connectivity index (χ3v) is 6.23. The van der Waals surface area contributed by atoms with Gasteiger partial charge in [0.15, 0.2) is 5.65 Å². The molecule has 4 N–H and O–H groups in total. The van der Waals surface area contributed by atoms with E-state index in [0.717, 1.165) is 67.6 Å². The van der Waals surface area contributed by atoms with Gasteiger partial charge in [0.05, 0.1) is 16.6 Å². The van der Waals surface area contributed by atoms with Crippen LogP contribution in [0.15, 0.2) is 24.3 Å².